The maximum atomic E-state index is 12.0. The maximum absolute atomic E-state index is 12.0. The second-order valence-corrected chi connectivity index (χ2v) is 7.97. The van der Waals surface area contributed by atoms with Gasteiger partial charge in [0.2, 0.25) is 10.0 Å². The summed E-state index contributed by atoms with van der Waals surface area (Å²) in [5, 5.41) is 2.82. The van der Waals surface area contributed by atoms with Crippen molar-refractivity contribution in [3.05, 3.63) is 65.0 Å². The number of sulfonamides is 1. The number of carbonyl (C=O) groups excluding carboxylic acids is 1. The molecule has 134 valence electrons. The highest BCUT2D eigenvalue weighted by molar-refractivity contribution is 7.88. The van der Waals surface area contributed by atoms with Crippen LogP contribution < -0.4 is 10.0 Å². The molecule has 0 fully saturated rings. The number of amides is 1. The molecule has 7 heteroatoms. The number of hydrogen-bond acceptors (Lipinski definition) is 4. The van der Waals surface area contributed by atoms with E-state index in [1.54, 1.807) is 44.3 Å². The third-order valence-corrected chi connectivity index (χ3v) is 4.97. The van der Waals surface area contributed by atoms with E-state index in [1.807, 2.05) is 19.1 Å². The van der Waals surface area contributed by atoms with E-state index < -0.39 is 10.0 Å². The molecule has 0 aliphatic carbocycles. The Hall–Kier alpha value is -2.25. The Morgan fingerprint density at radius 2 is 1.72 bits per heavy atom. The van der Waals surface area contributed by atoms with Gasteiger partial charge in [0, 0.05) is 24.5 Å². The van der Waals surface area contributed by atoms with E-state index in [0.29, 0.717) is 17.7 Å². The fourth-order valence-electron chi connectivity index (χ4n) is 2.26. The molecule has 0 atom stereocenters. The van der Waals surface area contributed by atoms with Gasteiger partial charge in [0.05, 0.1) is 11.3 Å². The van der Waals surface area contributed by atoms with Gasteiger partial charge in [-0.3, -0.25) is 9.78 Å². The van der Waals surface area contributed by atoms with Crippen molar-refractivity contribution in [3.8, 4) is 0 Å². The van der Waals surface area contributed by atoms with Crippen molar-refractivity contribution in [1.82, 2.24) is 15.0 Å². The summed E-state index contributed by atoms with van der Waals surface area (Å²) in [7, 11) is -3.34. The van der Waals surface area contributed by atoms with Crippen LogP contribution in [0, 0.1) is 6.92 Å². The first-order valence-electron chi connectivity index (χ1n) is 8.04. The number of benzene rings is 1. The molecule has 0 saturated carbocycles. The van der Waals surface area contributed by atoms with Crippen molar-refractivity contribution in [2.24, 2.45) is 0 Å². The quantitative estimate of drug-likeness (QED) is 0.791. The minimum atomic E-state index is -3.34. The summed E-state index contributed by atoms with van der Waals surface area (Å²) in [6.07, 6.45) is 1.54. The molecule has 0 unspecified atom stereocenters. The van der Waals surface area contributed by atoms with E-state index in [0.717, 1.165) is 11.3 Å². The molecule has 0 saturated heterocycles. The maximum Gasteiger partial charge on any atom is 0.253 e. The number of aromatic nitrogens is 1. The highest BCUT2D eigenvalue weighted by Gasteiger charge is 2.13. The summed E-state index contributed by atoms with van der Waals surface area (Å²) in [5.74, 6) is -0.257. The number of nitrogens with zero attached hydrogens (tertiary/aromatic N) is 1. The van der Waals surface area contributed by atoms with Gasteiger partial charge in [-0.25, -0.2) is 13.1 Å². The number of pyridine rings is 1. The van der Waals surface area contributed by atoms with Crippen LogP contribution >= 0.6 is 0 Å². The number of aryl methyl sites for hydroxylation is 1. The van der Waals surface area contributed by atoms with Crippen molar-refractivity contribution < 1.29 is 13.2 Å². The van der Waals surface area contributed by atoms with Gasteiger partial charge in [-0.15, -0.1) is 0 Å². The first-order chi connectivity index (χ1) is 11.7. The highest BCUT2D eigenvalue weighted by atomic mass is 32.2. The van der Waals surface area contributed by atoms with E-state index in [2.05, 4.69) is 15.0 Å². The number of hydrogen-bond donors (Lipinski definition) is 2. The van der Waals surface area contributed by atoms with Gasteiger partial charge in [-0.05, 0) is 44.0 Å². The van der Waals surface area contributed by atoms with E-state index in [1.165, 1.54) is 0 Å². The Balaban J connectivity index is 1.92. The number of nitrogens with one attached hydrogen (secondary N) is 2. The van der Waals surface area contributed by atoms with Crippen LogP contribution in [0.2, 0.25) is 0 Å². The monoisotopic (exact) mass is 361 g/mol. The Morgan fingerprint density at radius 3 is 2.28 bits per heavy atom. The van der Waals surface area contributed by atoms with Crippen LogP contribution in [0.3, 0.4) is 0 Å². The molecule has 0 bridgehead atoms. The van der Waals surface area contributed by atoms with Crippen LogP contribution in [0.1, 0.15) is 41.0 Å². The number of rotatable bonds is 7. The summed E-state index contributed by atoms with van der Waals surface area (Å²) in [6.45, 7) is 5.80. The van der Waals surface area contributed by atoms with Gasteiger partial charge in [0.25, 0.3) is 5.91 Å². The molecule has 0 aliphatic rings. The van der Waals surface area contributed by atoms with Crippen LogP contribution in [0.5, 0.6) is 0 Å². The zero-order chi connectivity index (χ0) is 18.4. The molecule has 1 aromatic carbocycles. The van der Waals surface area contributed by atoms with Crippen LogP contribution in [0.25, 0.3) is 0 Å². The van der Waals surface area contributed by atoms with Gasteiger partial charge in [-0.2, -0.15) is 0 Å². The van der Waals surface area contributed by atoms with Crippen molar-refractivity contribution in [3.63, 3.8) is 0 Å². The van der Waals surface area contributed by atoms with Crippen LogP contribution in [0.4, 0.5) is 0 Å². The lowest BCUT2D eigenvalue weighted by atomic mass is 10.1. The lowest BCUT2D eigenvalue weighted by Gasteiger charge is -2.10. The molecule has 2 N–H and O–H groups in total. The minimum Gasteiger partial charge on any atom is -0.348 e. The fraction of sp³-hybridized carbons (Fsp3) is 0.333. The van der Waals surface area contributed by atoms with Gasteiger partial charge in [0.1, 0.15) is 0 Å². The standard InChI is InChI=1S/C18H23N3O3S/c1-13(2)21-25(23,24)12-16-7-5-15(6-8-16)10-20-18(22)17-9-4-14(3)19-11-17/h4-9,11,13,21H,10,12H2,1-3H3,(H,20,22). The van der Waals surface area contributed by atoms with Crippen molar-refractivity contribution >= 4 is 15.9 Å². The smallest absolute Gasteiger partial charge is 0.253 e. The molecule has 6 nitrogen and oxygen atoms in total. The van der Waals surface area contributed by atoms with Gasteiger partial charge in [-0.1, -0.05) is 24.3 Å². The van der Waals surface area contributed by atoms with E-state index >= 15 is 0 Å². The molecule has 0 spiro atoms. The average Bonchev–Trinajstić information content (AvgIpc) is 2.53. The average molecular weight is 361 g/mol. The Morgan fingerprint density at radius 1 is 1.08 bits per heavy atom. The Bertz CT molecular complexity index is 814. The predicted molar refractivity (Wildman–Crippen MR) is 97.5 cm³/mol. The minimum absolute atomic E-state index is 0.0626. The first kappa shape index (κ1) is 19.1. The second-order valence-electron chi connectivity index (χ2n) is 6.22. The van der Waals surface area contributed by atoms with E-state index in [4.69, 9.17) is 0 Å². The molecule has 0 radical (unpaired) electrons. The highest BCUT2D eigenvalue weighted by Crippen LogP contribution is 2.09. The zero-order valence-electron chi connectivity index (χ0n) is 14.6. The predicted octanol–water partition coefficient (Wildman–Crippen LogP) is 2.15. The lowest BCUT2D eigenvalue weighted by Crippen LogP contribution is -2.31. The first-order valence-corrected chi connectivity index (χ1v) is 9.69. The van der Waals surface area contributed by atoms with Crippen LogP contribution in [0.15, 0.2) is 42.6 Å². The summed E-state index contributed by atoms with van der Waals surface area (Å²) in [4.78, 5) is 16.1. The SMILES string of the molecule is Cc1ccc(C(=O)NCc2ccc(CS(=O)(=O)NC(C)C)cc2)cn1. The molecule has 2 rings (SSSR count). The van der Waals surface area contributed by atoms with Crippen molar-refractivity contribution in [2.75, 3.05) is 0 Å². The summed E-state index contributed by atoms with van der Waals surface area (Å²) in [5.41, 5.74) is 2.96. The van der Waals surface area contributed by atoms with E-state index in [9.17, 15) is 13.2 Å². The van der Waals surface area contributed by atoms with Crippen LogP contribution in [-0.4, -0.2) is 25.4 Å². The van der Waals surface area contributed by atoms with Gasteiger partial charge >= 0.3 is 0 Å². The van der Waals surface area contributed by atoms with Gasteiger partial charge in [0.15, 0.2) is 0 Å². The molecule has 2 aromatic rings. The molecular weight excluding hydrogens is 338 g/mol. The molecular formula is C18H23N3O3S. The Kier molecular flexibility index (Phi) is 6.27. The molecule has 1 amide bonds. The molecule has 1 aromatic heterocycles. The molecule has 1 heterocycles. The fourth-order valence-corrected chi connectivity index (χ4v) is 3.69. The van der Waals surface area contributed by atoms with E-state index in [-0.39, 0.29) is 17.7 Å². The summed E-state index contributed by atoms with van der Waals surface area (Å²) < 4.78 is 26.4. The number of carbonyl (C=O) groups is 1. The lowest BCUT2D eigenvalue weighted by molar-refractivity contribution is 0.0950. The Labute approximate surface area is 148 Å². The third kappa shape index (κ3) is 6.28. The third-order valence-electron chi connectivity index (χ3n) is 3.42. The summed E-state index contributed by atoms with van der Waals surface area (Å²) >= 11 is 0. The normalized spacial score (nSPS) is 11.5. The zero-order valence-corrected chi connectivity index (χ0v) is 15.4. The second kappa shape index (κ2) is 8.22. The van der Waals surface area contributed by atoms with Gasteiger partial charge < -0.3 is 5.32 Å². The topological polar surface area (TPSA) is 88.2 Å². The summed E-state index contributed by atoms with van der Waals surface area (Å²) in [6, 6.07) is 10.5. The van der Waals surface area contributed by atoms with Crippen molar-refractivity contribution in [1.29, 1.82) is 0 Å². The van der Waals surface area contributed by atoms with Crippen molar-refractivity contribution in [2.45, 2.75) is 39.1 Å². The molecule has 25 heavy (non-hydrogen) atoms. The van der Waals surface area contributed by atoms with Crippen LogP contribution in [-0.2, 0) is 22.3 Å². The molecule has 0 aliphatic heterocycles. The largest absolute Gasteiger partial charge is 0.348 e.